The van der Waals surface area contributed by atoms with Gasteiger partial charge in [-0.25, -0.2) is 0 Å². The van der Waals surface area contributed by atoms with Crippen molar-refractivity contribution >= 4 is 5.91 Å². The van der Waals surface area contributed by atoms with Crippen LogP contribution in [0.1, 0.15) is 38.2 Å². The predicted molar refractivity (Wildman–Crippen MR) is 103 cm³/mol. The summed E-state index contributed by atoms with van der Waals surface area (Å²) in [5.74, 6) is -0.00856. The van der Waals surface area contributed by atoms with Gasteiger partial charge in [-0.05, 0) is 37.9 Å². The van der Waals surface area contributed by atoms with E-state index in [2.05, 4.69) is 10.6 Å². The van der Waals surface area contributed by atoms with Crippen LogP contribution in [-0.2, 0) is 11.3 Å². The van der Waals surface area contributed by atoms with E-state index in [4.69, 9.17) is 0 Å². The van der Waals surface area contributed by atoms with Gasteiger partial charge in [0, 0.05) is 26.1 Å². The van der Waals surface area contributed by atoms with Crippen molar-refractivity contribution in [2.24, 2.45) is 0 Å². The van der Waals surface area contributed by atoms with Gasteiger partial charge in [-0.2, -0.15) is 0 Å². The van der Waals surface area contributed by atoms with Crippen LogP contribution in [0.2, 0.25) is 0 Å². The molecule has 146 valence electrons. The Bertz CT molecular complexity index is 515. The first-order chi connectivity index (χ1) is 12.6. The summed E-state index contributed by atoms with van der Waals surface area (Å²) in [7, 11) is 0. The molecule has 2 saturated heterocycles. The molecule has 6 heteroatoms. The van der Waals surface area contributed by atoms with E-state index in [9.17, 15) is 15.0 Å². The van der Waals surface area contributed by atoms with Crippen LogP contribution in [0.4, 0.5) is 0 Å². The summed E-state index contributed by atoms with van der Waals surface area (Å²) in [6.07, 6.45) is 2.48. The van der Waals surface area contributed by atoms with Crippen LogP contribution >= 0.6 is 0 Å². The van der Waals surface area contributed by atoms with Crippen molar-refractivity contribution < 1.29 is 15.0 Å². The Labute approximate surface area is 156 Å². The van der Waals surface area contributed by atoms with E-state index >= 15 is 0 Å². The fraction of sp³-hybridized carbons (Fsp3) is 0.650. The highest BCUT2D eigenvalue weighted by Crippen LogP contribution is 2.21. The van der Waals surface area contributed by atoms with E-state index < -0.39 is 12.2 Å². The van der Waals surface area contributed by atoms with Crippen LogP contribution in [0.25, 0.3) is 0 Å². The molecule has 2 aliphatic rings. The number of benzene rings is 1. The lowest BCUT2D eigenvalue weighted by molar-refractivity contribution is -0.121. The largest absolute Gasteiger partial charge is 0.389 e. The van der Waals surface area contributed by atoms with Crippen LogP contribution in [0.3, 0.4) is 0 Å². The second-order valence-corrected chi connectivity index (χ2v) is 7.05. The van der Waals surface area contributed by atoms with E-state index in [0.717, 1.165) is 12.0 Å². The summed E-state index contributed by atoms with van der Waals surface area (Å²) in [5.41, 5.74) is 1.13. The van der Waals surface area contributed by atoms with E-state index in [1.54, 1.807) is 0 Å². The number of nitrogens with zero attached hydrogens (tertiary/aromatic N) is 1. The first kappa shape index (κ1) is 20.8. The predicted octanol–water partition coefficient (Wildman–Crippen LogP) is 0.879. The Kier molecular flexibility index (Phi) is 9.05. The fourth-order valence-corrected chi connectivity index (χ4v) is 3.36. The zero-order valence-electron chi connectivity index (χ0n) is 15.7. The summed E-state index contributed by atoms with van der Waals surface area (Å²) < 4.78 is 0. The normalized spacial score (nSPS) is 25.6. The maximum atomic E-state index is 11.6. The highest BCUT2D eigenvalue weighted by Gasteiger charge is 2.39. The van der Waals surface area contributed by atoms with Gasteiger partial charge in [-0.15, -0.1) is 0 Å². The number of hydrogen-bond acceptors (Lipinski definition) is 5. The van der Waals surface area contributed by atoms with E-state index in [1.807, 2.05) is 42.2 Å². The molecule has 0 saturated carbocycles. The van der Waals surface area contributed by atoms with Gasteiger partial charge in [0.1, 0.15) is 0 Å². The van der Waals surface area contributed by atoms with Crippen molar-refractivity contribution in [1.29, 1.82) is 0 Å². The van der Waals surface area contributed by atoms with Crippen molar-refractivity contribution in [1.82, 2.24) is 15.5 Å². The number of amides is 1. The monoisotopic (exact) mass is 363 g/mol. The molecule has 6 nitrogen and oxygen atoms in total. The minimum absolute atomic E-state index is 0.00856. The van der Waals surface area contributed by atoms with E-state index in [0.29, 0.717) is 26.1 Å². The topological polar surface area (TPSA) is 84.8 Å². The second kappa shape index (κ2) is 11.3. The average molecular weight is 364 g/mol. The summed E-state index contributed by atoms with van der Waals surface area (Å²) >= 11 is 0. The third-order valence-electron chi connectivity index (χ3n) is 4.85. The number of hydrogen-bond donors (Lipinski definition) is 4. The van der Waals surface area contributed by atoms with Crippen LogP contribution < -0.4 is 10.6 Å². The third-order valence-corrected chi connectivity index (χ3v) is 4.85. The van der Waals surface area contributed by atoms with Crippen LogP contribution in [0.15, 0.2) is 30.3 Å². The van der Waals surface area contributed by atoms with Gasteiger partial charge in [0.2, 0.25) is 5.91 Å². The quantitative estimate of drug-likeness (QED) is 0.603. The van der Waals surface area contributed by atoms with Crippen LogP contribution in [0, 0.1) is 0 Å². The molecule has 2 aliphatic heterocycles. The molecule has 26 heavy (non-hydrogen) atoms. The van der Waals surface area contributed by atoms with Gasteiger partial charge in [0.15, 0.2) is 0 Å². The number of β-amino-alcohol motifs (C(OH)–C–C–N with tert-alkyl or cyclic N) is 1. The maximum absolute atomic E-state index is 11.6. The minimum atomic E-state index is -0.823. The number of likely N-dealkylation sites (tertiary alicyclic amines) is 1. The minimum Gasteiger partial charge on any atom is -0.389 e. The first-order valence-corrected chi connectivity index (χ1v) is 9.73. The van der Waals surface area contributed by atoms with Gasteiger partial charge in [-0.3, -0.25) is 9.69 Å². The number of rotatable bonds is 6. The van der Waals surface area contributed by atoms with Crippen molar-refractivity contribution in [3.8, 4) is 0 Å². The third kappa shape index (κ3) is 6.68. The molecule has 0 radical (unpaired) electrons. The molecule has 3 atom stereocenters. The Morgan fingerprint density at radius 2 is 1.92 bits per heavy atom. The molecule has 1 aromatic rings. The van der Waals surface area contributed by atoms with Crippen molar-refractivity contribution in [3.63, 3.8) is 0 Å². The average Bonchev–Trinajstić information content (AvgIpc) is 3.29. The Morgan fingerprint density at radius 3 is 2.50 bits per heavy atom. The van der Waals surface area contributed by atoms with Gasteiger partial charge < -0.3 is 20.8 Å². The summed E-state index contributed by atoms with van der Waals surface area (Å²) in [4.78, 5) is 13.6. The standard InChI is InChI=1S/C16H24N2O3.C4H9N/c1-2-6-15(20)17-9-13-16(21)14(19)11-18(13)10-12-7-4-3-5-8-12;1-2-4-5-3-1/h3-5,7-8,13-14,16,19,21H,2,6,9-11H2,1H3,(H,17,20);5H,1-4H2/t13-,14+,16-;/m1./s1. The maximum Gasteiger partial charge on any atom is 0.220 e. The van der Waals surface area contributed by atoms with E-state index in [1.165, 1.54) is 25.9 Å². The Hall–Kier alpha value is -1.47. The van der Waals surface area contributed by atoms with Gasteiger partial charge in [0.25, 0.3) is 0 Å². The molecule has 1 amide bonds. The lowest BCUT2D eigenvalue weighted by atomic mass is 10.1. The van der Waals surface area contributed by atoms with Crippen molar-refractivity contribution in [3.05, 3.63) is 35.9 Å². The molecule has 2 fully saturated rings. The van der Waals surface area contributed by atoms with Gasteiger partial charge in [0.05, 0.1) is 18.2 Å². The lowest BCUT2D eigenvalue weighted by Crippen LogP contribution is -2.45. The molecule has 0 bridgehead atoms. The summed E-state index contributed by atoms with van der Waals surface area (Å²) in [6, 6.07) is 9.68. The molecule has 0 unspecified atom stereocenters. The number of aliphatic hydroxyl groups is 2. The number of carbonyl (C=O) groups excluding carboxylic acids is 1. The molecule has 2 heterocycles. The SMILES string of the molecule is C1CCNC1.CCCC(=O)NC[C@@H]1[C@@H](O)[C@@H](O)CN1Cc1ccccc1. The molecule has 1 aromatic carbocycles. The number of nitrogens with one attached hydrogen (secondary N) is 2. The molecular formula is C20H33N3O3. The molecule has 0 spiro atoms. The second-order valence-electron chi connectivity index (χ2n) is 7.05. The smallest absolute Gasteiger partial charge is 0.220 e. The molecule has 0 aliphatic carbocycles. The highest BCUT2D eigenvalue weighted by molar-refractivity contribution is 5.75. The first-order valence-electron chi connectivity index (χ1n) is 9.73. The summed E-state index contributed by atoms with van der Waals surface area (Å²) in [6.45, 7) is 5.90. The molecule has 3 rings (SSSR count). The molecular weight excluding hydrogens is 330 g/mol. The van der Waals surface area contributed by atoms with Gasteiger partial charge >= 0.3 is 0 Å². The van der Waals surface area contributed by atoms with Crippen LogP contribution in [-0.4, -0.2) is 65.4 Å². The fourth-order valence-electron chi connectivity index (χ4n) is 3.36. The molecule has 4 N–H and O–H groups in total. The lowest BCUT2D eigenvalue weighted by Gasteiger charge is -2.26. The van der Waals surface area contributed by atoms with Gasteiger partial charge in [-0.1, -0.05) is 37.3 Å². The van der Waals surface area contributed by atoms with E-state index in [-0.39, 0.29) is 11.9 Å². The number of aliphatic hydroxyl groups excluding tert-OH is 2. The Morgan fingerprint density at radius 1 is 1.23 bits per heavy atom. The molecule has 0 aromatic heterocycles. The summed E-state index contributed by atoms with van der Waals surface area (Å²) in [5, 5.41) is 26.0. The Balaban J connectivity index is 0.000000417. The number of carbonyl (C=O) groups is 1. The van der Waals surface area contributed by atoms with Crippen molar-refractivity contribution in [2.75, 3.05) is 26.2 Å². The zero-order chi connectivity index (χ0) is 18.8. The van der Waals surface area contributed by atoms with Crippen molar-refractivity contribution in [2.45, 2.75) is 57.4 Å². The zero-order valence-corrected chi connectivity index (χ0v) is 15.7. The highest BCUT2D eigenvalue weighted by atomic mass is 16.3. The van der Waals surface area contributed by atoms with Crippen LogP contribution in [0.5, 0.6) is 0 Å².